The maximum Gasteiger partial charge on any atom is 0.155 e. The Hall–Kier alpha value is -2.69. The van der Waals surface area contributed by atoms with E-state index in [4.69, 9.17) is 0 Å². The molecule has 0 spiro atoms. The molecule has 0 amide bonds. The minimum Gasteiger partial charge on any atom is -0.307 e. The van der Waals surface area contributed by atoms with Gasteiger partial charge in [-0.15, -0.1) is 0 Å². The van der Waals surface area contributed by atoms with Crippen LogP contribution in [0.3, 0.4) is 0 Å². The van der Waals surface area contributed by atoms with Crippen molar-refractivity contribution in [3.63, 3.8) is 0 Å². The van der Waals surface area contributed by atoms with Crippen molar-refractivity contribution in [2.24, 2.45) is 0 Å². The van der Waals surface area contributed by atoms with Crippen molar-refractivity contribution in [1.29, 1.82) is 0 Å². The average Bonchev–Trinajstić information content (AvgIpc) is 3.04. The largest absolute Gasteiger partial charge is 0.307 e. The highest BCUT2D eigenvalue weighted by molar-refractivity contribution is 5.78. The van der Waals surface area contributed by atoms with Gasteiger partial charge in [-0.1, -0.05) is 0 Å². The molecule has 0 aromatic carbocycles. The van der Waals surface area contributed by atoms with Crippen LogP contribution in [0.5, 0.6) is 0 Å². The summed E-state index contributed by atoms with van der Waals surface area (Å²) in [5, 5.41) is 7.88. The number of H-pyrrole nitrogens is 1. The van der Waals surface area contributed by atoms with Crippen molar-refractivity contribution >= 4 is 16.6 Å². The molecule has 0 aliphatic carbocycles. The second-order valence-electron chi connectivity index (χ2n) is 4.15. The van der Waals surface area contributed by atoms with Crippen LogP contribution in [-0.4, -0.2) is 24.6 Å². The molecule has 0 aliphatic rings. The lowest BCUT2D eigenvalue weighted by molar-refractivity contribution is 1.09. The summed E-state index contributed by atoms with van der Waals surface area (Å²) in [5.41, 5.74) is 3.90. The van der Waals surface area contributed by atoms with Crippen molar-refractivity contribution in [2.75, 3.05) is 0 Å². The monoisotopic (exact) mass is 235 g/mol. The van der Waals surface area contributed by atoms with Gasteiger partial charge in [0.25, 0.3) is 0 Å². The predicted molar refractivity (Wildman–Crippen MR) is 68.1 cm³/mol. The van der Waals surface area contributed by atoms with Crippen LogP contribution < -0.4 is 0 Å². The first-order chi connectivity index (χ1) is 8.90. The zero-order valence-electron chi connectivity index (χ0n) is 9.41. The van der Waals surface area contributed by atoms with Gasteiger partial charge in [0.2, 0.25) is 0 Å². The number of fused-ring (bicyclic) bond motifs is 2. The molecule has 0 radical (unpaired) electrons. The minimum atomic E-state index is 0.806. The zero-order chi connectivity index (χ0) is 11.9. The normalized spacial score (nSPS) is 11.3. The van der Waals surface area contributed by atoms with Crippen LogP contribution in [0, 0.1) is 0 Å². The van der Waals surface area contributed by atoms with E-state index in [9.17, 15) is 0 Å². The Morgan fingerprint density at radius 2 is 2.17 bits per heavy atom. The van der Waals surface area contributed by atoms with Gasteiger partial charge in [0.05, 0.1) is 18.2 Å². The summed E-state index contributed by atoms with van der Waals surface area (Å²) >= 11 is 0. The van der Waals surface area contributed by atoms with Gasteiger partial charge in [-0.05, 0) is 24.3 Å². The van der Waals surface area contributed by atoms with Gasteiger partial charge in [-0.2, -0.15) is 5.10 Å². The Kier molecular flexibility index (Phi) is 1.77. The molecule has 0 saturated carbocycles. The Balaban J connectivity index is 1.94. The highest BCUT2D eigenvalue weighted by atomic mass is 15.1. The summed E-state index contributed by atoms with van der Waals surface area (Å²) in [7, 11) is 0. The van der Waals surface area contributed by atoms with E-state index < -0.39 is 0 Å². The van der Waals surface area contributed by atoms with E-state index in [1.165, 1.54) is 0 Å². The number of pyridine rings is 1. The Morgan fingerprint density at radius 3 is 3.11 bits per heavy atom. The molecular weight excluding hydrogens is 226 g/mol. The van der Waals surface area contributed by atoms with Gasteiger partial charge in [0.15, 0.2) is 5.65 Å². The second-order valence-corrected chi connectivity index (χ2v) is 4.15. The lowest BCUT2D eigenvalue weighted by Gasteiger charge is -1.95. The number of hydrogen-bond acceptors (Lipinski definition) is 3. The van der Waals surface area contributed by atoms with Crippen LogP contribution in [-0.2, 0) is 0 Å². The lowest BCUT2D eigenvalue weighted by Crippen LogP contribution is -1.83. The zero-order valence-corrected chi connectivity index (χ0v) is 9.41. The van der Waals surface area contributed by atoms with E-state index in [0.717, 1.165) is 27.8 Å². The molecule has 0 saturated heterocycles. The minimum absolute atomic E-state index is 0.806. The molecule has 0 fully saturated rings. The van der Waals surface area contributed by atoms with Crippen molar-refractivity contribution in [2.45, 2.75) is 0 Å². The Labute approximate surface area is 102 Å². The number of aromatic amines is 1. The first-order valence-corrected chi connectivity index (χ1v) is 5.62. The molecule has 0 aliphatic heterocycles. The first-order valence-electron chi connectivity index (χ1n) is 5.62. The summed E-state index contributed by atoms with van der Waals surface area (Å²) in [4.78, 5) is 8.64. The Bertz CT molecular complexity index is 809. The molecule has 86 valence electrons. The van der Waals surface area contributed by atoms with E-state index in [1.54, 1.807) is 18.7 Å². The quantitative estimate of drug-likeness (QED) is 0.550. The van der Waals surface area contributed by atoms with Crippen molar-refractivity contribution in [3.8, 4) is 11.3 Å². The number of nitrogens with one attached hydrogen (secondary N) is 1. The maximum atomic E-state index is 4.55. The van der Waals surface area contributed by atoms with Crippen LogP contribution in [0.25, 0.3) is 27.8 Å². The fourth-order valence-corrected chi connectivity index (χ4v) is 2.09. The highest BCUT2D eigenvalue weighted by Gasteiger charge is 2.05. The molecule has 4 heterocycles. The van der Waals surface area contributed by atoms with Gasteiger partial charge in [0, 0.05) is 28.9 Å². The van der Waals surface area contributed by atoms with E-state index >= 15 is 0 Å². The van der Waals surface area contributed by atoms with Gasteiger partial charge >= 0.3 is 0 Å². The molecule has 0 atom stereocenters. The van der Waals surface area contributed by atoms with E-state index in [0.29, 0.717) is 0 Å². The Morgan fingerprint density at radius 1 is 1.17 bits per heavy atom. The van der Waals surface area contributed by atoms with Crippen LogP contribution in [0.1, 0.15) is 0 Å². The molecule has 4 rings (SSSR count). The number of hydrogen-bond donors (Lipinski definition) is 1. The van der Waals surface area contributed by atoms with E-state index in [1.807, 2.05) is 28.8 Å². The lowest BCUT2D eigenvalue weighted by atomic mass is 10.2. The third-order valence-electron chi connectivity index (χ3n) is 3.00. The second kappa shape index (κ2) is 3.40. The molecule has 1 N–H and O–H groups in total. The average molecular weight is 235 g/mol. The van der Waals surface area contributed by atoms with Crippen molar-refractivity contribution < 1.29 is 0 Å². The van der Waals surface area contributed by atoms with Crippen LogP contribution in [0.4, 0.5) is 0 Å². The molecule has 4 aromatic heterocycles. The van der Waals surface area contributed by atoms with Crippen LogP contribution in [0.15, 0.2) is 49.2 Å². The summed E-state index contributed by atoms with van der Waals surface area (Å²) in [6.45, 7) is 0. The molecule has 4 aromatic rings. The van der Waals surface area contributed by atoms with Crippen LogP contribution >= 0.6 is 0 Å². The fraction of sp³-hybridized carbons (Fsp3) is 0. The summed E-state index contributed by atoms with van der Waals surface area (Å²) < 4.78 is 1.98. The van der Waals surface area contributed by atoms with Gasteiger partial charge in [-0.3, -0.25) is 5.10 Å². The van der Waals surface area contributed by atoms with Crippen molar-refractivity contribution in [1.82, 2.24) is 24.6 Å². The van der Waals surface area contributed by atoms with Crippen LogP contribution in [0.2, 0.25) is 0 Å². The SMILES string of the molecule is c1cc2cc(-c3ccc4cn[nH]c4n3)cn2cn1. The number of nitrogens with zero attached hydrogens (tertiary/aromatic N) is 4. The molecule has 0 bridgehead atoms. The smallest absolute Gasteiger partial charge is 0.155 e. The number of aromatic nitrogens is 5. The molecule has 18 heavy (non-hydrogen) atoms. The molecule has 5 heteroatoms. The van der Waals surface area contributed by atoms with Crippen molar-refractivity contribution in [3.05, 3.63) is 49.2 Å². The van der Waals surface area contributed by atoms with Gasteiger partial charge < -0.3 is 4.40 Å². The molecule has 5 nitrogen and oxygen atoms in total. The topological polar surface area (TPSA) is 58.9 Å². The standard InChI is InChI=1S/C13H9N5/c1-2-12(16-13-9(1)6-15-17-13)10-5-11-3-4-14-8-18(11)7-10/h1-8H,(H,15,16,17). The van der Waals surface area contributed by atoms with E-state index in [-0.39, 0.29) is 0 Å². The first kappa shape index (κ1) is 9.35. The number of rotatable bonds is 1. The summed E-state index contributed by atoms with van der Waals surface area (Å²) in [5.74, 6) is 0. The molecular formula is C13H9N5. The third kappa shape index (κ3) is 1.31. The van der Waals surface area contributed by atoms with Gasteiger partial charge in [0.1, 0.15) is 0 Å². The predicted octanol–water partition coefficient (Wildman–Crippen LogP) is 2.27. The van der Waals surface area contributed by atoms with Gasteiger partial charge in [-0.25, -0.2) is 9.97 Å². The summed E-state index contributed by atoms with van der Waals surface area (Å²) in [6.07, 6.45) is 7.36. The highest BCUT2D eigenvalue weighted by Crippen LogP contribution is 2.22. The maximum absolute atomic E-state index is 4.55. The summed E-state index contributed by atoms with van der Waals surface area (Å²) in [6, 6.07) is 8.08. The third-order valence-corrected chi connectivity index (χ3v) is 3.00. The fourth-order valence-electron chi connectivity index (χ4n) is 2.09. The van der Waals surface area contributed by atoms with E-state index in [2.05, 4.69) is 26.2 Å². The molecule has 0 unspecified atom stereocenters.